The molecule has 0 atom stereocenters. The number of pyridine rings is 1. The minimum atomic E-state index is -0.302. The Bertz CT molecular complexity index is 1340. The minimum absolute atomic E-state index is 0.207. The van der Waals surface area contributed by atoms with E-state index in [1.807, 2.05) is 20.0 Å². The van der Waals surface area contributed by atoms with E-state index >= 15 is 0 Å². The molecule has 5 rings (SSSR count). The standard InChI is InChI=1S/C21H19FN6O2/c1-11-7-16(28(2)27-11)14-9-24-20(19-18(14)21(29)26-10-25-19)23-8-13-12-5-6-30-17(12)4-3-15(13)22/h3-4,7,9-10H,5-6,8H2,1-2H3,(H,23,24)(H,25,26,29). The zero-order chi connectivity index (χ0) is 20.8. The Morgan fingerprint density at radius 1 is 1.33 bits per heavy atom. The van der Waals surface area contributed by atoms with E-state index in [-0.39, 0.29) is 17.9 Å². The van der Waals surface area contributed by atoms with Crippen molar-refractivity contribution in [3.63, 3.8) is 0 Å². The number of halogens is 1. The van der Waals surface area contributed by atoms with Crippen LogP contribution in [0, 0.1) is 12.7 Å². The Labute approximate surface area is 170 Å². The van der Waals surface area contributed by atoms with Crippen molar-refractivity contribution < 1.29 is 9.13 Å². The Morgan fingerprint density at radius 3 is 3.00 bits per heavy atom. The van der Waals surface area contributed by atoms with Crippen molar-refractivity contribution in [3.8, 4) is 17.0 Å². The normalized spacial score (nSPS) is 12.8. The van der Waals surface area contributed by atoms with Gasteiger partial charge >= 0.3 is 0 Å². The SMILES string of the molecule is Cc1cc(-c2cnc(NCc3c(F)ccc4c3CCO4)c3nc[nH]c(=O)c23)n(C)n1. The van der Waals surface area contributed by atoms with Crippen LogP contribution in [0.4, 0.5) is 10.2 Å². The van der Waals surface area contributed by atoms with E-state index in [2.05, 4.69) is 25.4 Å². The van der Waals surface area contributed by atoms with Crippen LogP contribution in [0.1, 0.15) is 16.8 Å². The third-order valence-corrected chi connectivity index (χ3v) is 5.32. The number of hydrogen-bond donors (Lipinski definition) is 2. The maximum Gasteiger partial charge on any atom is 0.259 e. The summed E-state index contributed by atoms with van der Waals surface area (Å²) in [6.45, 7) is 2.63. The summed E-state index contributed by atoms with van der Waals surface area (Å²) in [6.07, 6.45) is 3.62. The highest BCUT2D eigenvalue weighted by atomic mass is 19.1. The van der Waals surface area contributed by atoms with Crippen LogP contribution in [0.2, 0.25) is 0 Å². The number of hydrogen-bond acceptors (Lipinski definition) is 6. The summed E-state index contributed by atoms with van der Waals surface area (Å²) in [7, 11) is 1.81. The lowest BCUT2D eigenvalue weighted by atomic mass is 10.0. The van der Waals surface area contributed by atoms with Gasteiger partial charge in [0.25, 0.3) is 5.56 Å². The maximum atomic E-state index is 14.5. The number of fused-ring (bicyclic) bond motifs is 2. The number of rotatable bonds is 4. The summed E-state index contributed by atoms with van der Waals surface area (Å²) in [4.78, 5) is 24.1. The molecule has 0 bridgehead atoms. The van der Waals surface area contributed by atoms with Crippen molar-refractivity contribution in [2.24, 2.45) is 7.05 Å². The molecule has 0 amide bonds. The van der Waals surface area contributed by atoms with Crippen molar-refractivity contribution in [1.29, 1.82) is 0 Å². The van der Waals surface area contributed by atoms with Crippen LogP contribution in [0.3, 0.4) is 0 Å². The van der Waals surface area contributed by atoms with E-state index < -0.39 is 0 Å². The van der Waals surface area contributed by atoms with Crippen LogP contribution in [-0.2, 0) is 20.0 Å². The summed E-state index contributed by atoms with van der Waals surface area (Å²) in [5.74, 6) is 0.820. The fraction of sp³-hybridized carbons (Fsp3) is 0.238. The second kappa shape index (κ2) is 6.94. The van der Waals surface area contributed by atoms with Gasteiger partial charge < -0.3 is 15.0 Å². The topological polar surface area (TPSA) is 97.7 Å². The fourth-order valence-electron chi connectivity index (χ4n) is 3.95. The number of nitrogens with one attached hydrogen (secondary N) is 2. The highest BCUT2D eigenvalue weighted by molar-refractivity contribution is 5.98. The van der Waals surface area contributed by atoms with Gasteiger partial charge in [-0.05, 0) is 25.1 Å². The summed E-state index contributed by atoms with van der Waals surface area (Å²) >= 11 is 0. The third-order valence-electron chi connectivity index (χ3n) is 5.32. The van der Waals surface area contributed by atoms with Crippen LogP contribution >= 0.6 is 0 Å². The molecule has 4 aromatic rings. The quantitative estimate of drug-likeness (QED) is 0.541. The number of benzene rings is 1. The highest BCUT2D eigenvalue weighted by Gasteiger charge is 2.21. The number of anilines is 1. The molecular weight excluding hydrogens is 387 g/mol. The molecule has 0 spiro atoms. The van der Waals surface area contributed by atoms with Crippen molar-refractivity contribution in [1.82, 2.24) is 24.7 Å². The van der Waals surface area contributed by atoms with Crippen LogP contribution in [0.25, 0.3) is 22.2 Å². The molecule has 3 aromatic heterocycles. The molecule has 0 aliphatic carbocycles. The van der Waals surface area contributed by atoms with Gasteiger partial charge in [0.1, 0.15) is 17.1 Å². The molecule has 1 aliphatic heterocycles. The molecule has 1 aliphatic rings. The number of H-pyrrole nitrogens is 1. The van der Waals surface area contributed by atoms with E-state index in [0.717, 1.165) is 17.0 Å². The second-order valence-corrected chi connectivity index (χ2v) is 7.22. The van der Waals surface area contributed by atoms with Crippen LogP contribution in [0.5, 0.6) is 5.75 Å². The number of ether oxygens (including phenoxy) is 1. The lowest BCUT2D eigenvalue weighted by molar-refractivity contribution is 0.356. The predicted octanol–water partition coefficient (Wildman–Crippen LogP) is 2.71. The molecule has 8 nitrogen and oxygen atoms in total. The Hall–Kier alpha value is -3.75. The first kappa shape index (κ1) is 18.3. The molecule has 1 aromatic carbocycles. The molecule has 0 fully saturated rings. The third kappa shape index (κ3) is 2.90. The van der Waals surface area contributed by atoms with Crippen LogP contribution in [0.15, 0.2) is 35.5 Å². The molecule has 4 heterocycles. The van der Waals surface area contributed by atoms with Crippen molar-refractivity contribution >= 4 is 16.7 Å². The summed E-state index contributed by atoms with van der Waals surface area (Å²) in [5.41, 5.74) is 3.76. The van der Waals surface area contributed by atoms with E-state index in [1.54, 1.807) is 16.9 Å². The van der Waals surface area contributed by atoms with Gasteiger partial charge in [0.15, 0.2) is 5.82 Å². The smallest absolute Gasteiger partial charge is 0.259 e. The number of aromatic amines is 1. The van der Waals surface area contributed by atoms with Gasteiger partial charge in [-0.15, -0.1) is 0 Å². The largest absolute Gasteiger partial charge is 0.493 e. The van der Waals surface area contributed by atoms with E-state index in [4.69, 9.17) is 4.74 Å². The summed E-state index contributed by atoms with van der Waals surface area (Å²) in [5, 5.41) is 7.91. The van der Waals surface area contributed by atoms with Crippen molar-refractivity contribution in [2.45, 2.75) is 19.9 Å². The molecular formula is C21H19FN6O2. The van der Waals surface area contributed by atoms with E-state index in [9.17, 15) is 9.18 Å². The molecule has 0 radical (unpaired) electrons. The number of nitrogens with zero attached hydrogens (tertiary/aromatic N) is 4. The first-order chi connectivity index (χ1) is 14.5. The molecule has 0 saturated heterocycles. The Kier molecular flexibility index (Phi) is 4.23. The van der Waals surface area contributed by atoms with Crippen molar-refractivity contribution in [3.05, 3.63) is 63.7 Å². The number of aryl methyl sites for hydroxylation is 2. The molecule has 0 unspecified atom stereocenters. The molecule has 9 heteroatoms. The number of aromatic nitrogens is 5. The molecule has 0 saturated carbocycles. The Morgan fingerprint density at radius 2 is 2.20 bits per heavy atom. The highest BCUT2D eigenvalue weighted by Crippen LogP contribution is 2.32. The van der Waals surface area contributed by atoms with Gasteiger partial charge in [0.2, 0.25) is 0 Å². The molecule has 30 heavy (non-hydrogen) atoms. The lowest BCUT2D eigenvalue weighted by Crippen LogP contribution is -2.12. The van der Waals surface area contributed by atoms with Gasteiger partial charge in [0.05, 0.1) is 29.7 Å². The van der Waals surface area contributed by atoms with Gasteiger partial charge in [-0.2, -0.15) is 5.10 Å². The predicted molar refractivity (Wildman–Crippen MR) is 110 cm³/mol. The van der Waals surface area contributed by atoms with Crippen molar-refractivity contribution in [2.75, 3.05) is 11.9 Å². The zero-order valence-electron chi connectivity index (χ0n) is 16.5. The van der Waals surface area contributed by atoms with Crippen LogP contribution < -0.4 is 15.6 Å². The van der Waals surface area contributed by atoms with Gasteiger partial charge in [0, 0.05) is 42.9 Å². The lowest BCUT2D eigenvalue weighted by Gasteiger charge is -2.13. The Balaban J connectivity index is 1.58. The van der Waals surface area contributed by atoms with E-state index in [0.29, 0.717) is 46.6 Å². The summed E-state index contributed by atoms with van der Waals surface area (Å²) in [6, 6.07) is 4.95. The average Bonchev–Trinajstić information content (AvgIpc) is 3.33. The fourth-order valence-corrected chi connectivity index (χ4v) is 3.95. The zero-order valence-corrected chi connectivity index (χ0v) is 16.5. The molecule has 2 N–H and O–H groups in total. The van der Waals surface area contributed by atoms with E-state index in [1.165, 1.54) is 12.4 Å². The second-order valence-electron chi connectivity index (χ2n) is 7.22. The maximum absolute atomic E-state index is 14.5. The van der Waals surface area contributed by atoms with Crippen LogP contribution in [-0.4, -0.2) is 31.3 Å². The van der Waals surface area contributed by atoms with Gasteiger partial charge in [-0.1, -0.05) is 0 Å². The summed E-state index contributed by atoms with van der Waals surface area (Å²) < 4.78 is 21.7. The first-order valence-corrected chi connectivity index (χ1v) is 9.57. The molecule has 152 valence electrons. The minimum Gasteiger partial charge on any atom is -0.493 e. The van der Waals surface area contributed by atoms with Gasteiger partial charge in [-0.3, -0.25) is 9.48 Å². The first-order valence-electron chi connectivity index (χ1n) is 9.57. The monoisotopic (exact) mass is 406 g/mol. The average molecular weight is 406 g/mol. The van der Waals surface area contributed by atoms with Gasteiger partial charge in [-0.25, -0.2) is 14.4 Å².